The van der Waals surface area contributed by atoms with Gasteiger partial charge in [-0.2, -0.15) is 0 Å². The molecule has 0 amide bonds. The lowest BCUT2D eigenvalue weighted by Crippen LogP contribution is -2.35. The maximum Gasteiger partial charge on any atom is 0.255 e. The monoisotopic (exact) mass is 371 g/mol. The van der Waals surface area contributed by atoms with Crippen molar-refractivity contribution in [2.24, 2.45) is 0 Å². The number of H-pyrrole nitrogens is 1. The third kappa shape index (κ3) is 4.69. The van der Waals surface area contributed by atoms with E-state index in [0.29, 0.717) is 19.8 Å². The number of hydrogen-bond donors (Lipinski definition) is 1. The molecule has 2 heterocycles. The van der Waals surface area contributed by atoms with Crippen molar-refractivity contribution in [3.05, 3.63) is 51.2 Å². The van der Waals surface area contributed by atoms with Crippen LogP contribution in [0.4, 0.5) is 0 Å². The third-order valence-corrected chi connectivity index (χ3v) is 4.70. The van der Waals surface area contributed by atoms with E-state index in [0.717, 1.165) is 66.5 Å². The number of benzene rings is 1. The predicted molar refractivity (Wildman–Crippen MR) is 105 cm³/mol. The molecule has 146 valence electrons. The minimum Gasteiger partial charge on any atom is -0.490 e. The molecule has 0 saturated carbocycles. The Labute approximate surface area is 160 Å². The number of rotatable bonds is 8. The van der Waals surface area contributed by atoms with Gasteiger partial charge in [-0.25, -0.2) is 4.98 Å². The number of ether oxygens (including phenoxy) is 2. The standard InChI is InChI=1S/C21H29N3O3/c1-4-7-20-22-17-10-11-24(14-16(17)21(25)23-20)13-15-8-9-18(26-5-2)19(12-15)27-6-3/h8-9,12H,4-7,10-11,13-14H2,1-3H3,(H,22,23,25). The number of aryl methyl sites for hydroxylation is 1. The molecule has 1 aromatic heterocycles. The van der Waals surface area contributed by atoms with E-state index in [9.17, 15) is 4.79 Å². The normalized spacial score (nSPS) is 14.0. The lowest BCUT2D eigenvalue weighted by molar-refractivity contribution is 0.240. The highest BCUT2D eigenvalue weighted by molar-refractivity contribution is 5.43. The molecular formula is C21H29N3O3. The van der Waals surface area contributed by atoms with Crippen LogP contribution in [0.1, 0.15) is 49.8 Å². The summed E-state index contributed by atoms with van der Waals surface area (Å²) in [4.78, 5) is 22.3. The Kier molecular flexibility index (Phi) is 6.50. The largest absolute Gasteiger partial charge is 0.490 e. The number of nitrogens with one attached hydrogen (secondary N) is 1. The van der Waals surface area contributed by atoms with Crippen LogP contribution in [0.2, 0.25) is 0 Å². The van der Waals surface area contributed by atoms with E-state index in [1.54, 1.807) is 0 Å². The Morgan fingerprint density at radius 2 is 1.93 bits per heavy atom. The first kappa shape index (κ1) is 19.4. The van der Waals surface area contributed by atoms with Crippen LogP contribution in [0.3, 0.4) is 0 Å². The van der Waals surface area contributed by atoms with Crippen LogP contribution in [0.5, 0.6) is 11.5 Å². The average Bonchev–Trinajstić information content (AvgIpc) is 2.65. The fourth-order valence-corrected chi connectivity index (χ4v) is 3.47. The first-order valence-corrected chi connectivity index (χ1v) is 9.86. The zero-order valence-electron chi connectivity index (χ0n) is 16.5. The van der Waals surface area contributed by atoms with Crippen molar-refractivity contribution in [2.75, 3.05) is 19.8 Å². The highest BCUT2D eigenvalue weighted by atomic mass is 16.5. The van der Waals surface area contributed by atoms with Gasteiger partial charge in [0, 0.05) is 32.5 Å². The lowest BCUT2D eigenvalue weighted by atomic mass is 10.1. The highest BCUT2D eigenvalue weighted by Gasteiger charge is 2.21. The summed E-state index contributed by atoms with van der Waals surface area (Å²) in [6.07, 6.45) is 2.61. The van der Waals surface area contributed by atoms with E-state index < -0.39 is 0 Å². The molecule has 0 saturated heterocycles. The van der Waals surface area contributed by atoms with Crippen molar-refractivity contribution in [1.82, 2.24) is 14.9 Å². The summed E-state index contributed by atoms with van der Waals surface area (Å²) in [6, 6.07) is 6.07. The Hall–Kier alpha value is -2.34. The molecule has 6 heteroatoms. The van der Waals surface area contributed by atoms with Crippen molar-refractivity contribution in [3.63, 3.8) is 0 Å². The third-order valence-electron chi connectivity index (χ3n) is 4.70. The first-order chi connectivity index (χ1) is 13.1. The maximum absolute atomic E-state index is 12.5. The average molecular weight is 371 g/mol. The molecule has 0 unspecified atom stereocenters. The van der Waals surface area contributed by atoms with E-state index in [-0.39, 0.29) is 5.56 Å². The van der Waals surface area contributed by atoms with Gasteiger partial charge in [0.15, 0.2) is 11.5 Å². The molecule has 1 aliphatic rings. The summed E-state index contributed by atoms with van der Waals surface area (Å²) in [5, 5.41) is 0. The van der Waals surface area contributed by atoms with Gasteiger partial charge in [0.05, 0.1) is 24.5 Å². The van der Waals surface area contributed by atoms with Gasteiger partial charge in [0.1, 0.15) is 5.82 Å². The number of nitrogens with zero attached hydrogens (tertiary/aromatic N) is 2. The van der Waals surface area contributed by atoms with Crippen LogP contribution >= 0.6 is 0 Å². The molecule has 1 aliphatic heterocycles. The Bertz CT molecular complexity index is 832. The van der Waals surface area contributed by atoms with Crippen LogP contribution < -0.4 is 15.0 Å². The van der Waals surface area contributed by atoms with Gasteiger partial charge in [-0.3, -0.25) is 9.69 Å². The first-order valence-electron chi connectivity index (χ1n) is 9.86. The van der Waals surface area contributed by atoms with Gasteiger partial charge in [0.2, 0.25) is 0 Å². The van der Waals surface area contributed by atoms with E-state index in [2.05, 4.69) is 27.9 Å². The number of aromatic nitrogens is 2. The highest BCUT2D eigenvalue weighted by Crippen LogP contribution is 2.29. The molecule has 0 aliphatic carbocycles. The Morgan fingerprint density at radius 3 is 2.67 bits per heavy atom. The quantitative estimate of drug-likeness (QED) is 0.772. The smallest absolute Gasteiger partial charge is 0.255 e. The fraction of sp³-hybridized carbons (Fsp3) is 0.524. The number of aromatic amines is 1. The van der Waals surface area contributed by atoms with E-state index in [1.807, 2.05) is 26.0 Å². The van der Waals surface area contributed by atoms with Gasteiger partial charge >= 0.3 is 0 Å². The molecule has 0 fully saturated rings. The van der Waals surface area contributed by atoms with Gasteiger partial charge in [-0.15, -0.1) is 0 Å². The number of hydrogen-bond acceptors (Lipinski definition) is 5. The molecule has 6 nitrogen and oxygen atoms in total. The summed E-state index contributed by atoms with van der Waals surface area (Å²) < 4.78 is 11.4. The predicted octanol–water partition coefficient (Wildman–Crippen LogP) is 3.08. The molecule has 3 rings (SSSR count). The van der Waals surface area contributed by atoms with Gasteiger partial charge in [-0.05, 0) is 38.0 Å². The van der Waals surface area contributed by atoms with Gasteiger partial charge < -0.3 is 14.5 Å². The molecule has 2 aromatic rings. The molecule has 0 bridgehead atoms. The summed E-state index contributed by atoms with van der Waals surface area (Å²) >= 11 is 0. The molecule has 1 N–H and O–H groups in total. The van der Waals surface area contributed by atoms with E-state index in [4.69, 9.17) is 9.47 Å². The fourth-order valence-electron chi connectivity index (χ4n) is 3.47. The van der Waals surface area contributed by atoms with Crippen molar-refractivity contribution in [1.29, 1.82) is 0 Å². The molecule has 1 aromatic carbocycles. The van der Waals surface area contributed by atoms with E-state index >= 15 is 0 Å². The molecule has 0 atom stereocenters. The molecule has 0 spiro atoms. The summed E-state index contributed by atoms with van der Waals surface area (Å²) in [5.74, 6) is 2.36. The lowest BCUT2D eigenvalue weighted by Gasteiger charge is -2.28. The van der Waals surface area contributed by atoms with Crippen molar-refractivity contribution in [3.8, 4) is 11.5 Å². The van der Waals surface area contributed by atoms with Crippen LogP contribution in [0.15, 0.2) is 23.0 Å². The minimum atomic E-state index is 0.00912. The molecule has 27 heavy (non-hydrogen) atoms. The maximum atomic E-state index is 12.5. The SMILES string of the molecule is CCCc1nc2c(c(=O)[nH]1)CN(Cc1ccc(OCC)c(OCC)c1)CC2. The summed E-state index contributed by atoms with van der Waals surface area (Å²) in [6.45, 7) is 9.52. The van der Waals surface area contributed by atoms with Crippen molar-refractivity contribution >= 4 is 0 Å². The van der Waals surface area contributed by atoms with Gasteiger partial charge in [-0.1, -0.05) is 13.0 Å². The molecular weight excluding hydrogens is 342 g/mol. The zero-order chi connectivity index (χ0) is 19.2. The minimum absolute atomic E-state index is 0.00912. The van der Waals surface area contributed by atoms with Gasteiger partial charge in [0.25, 0.3) is 5.56 Å². The Balaban J connectivity index is 1.74. The van der Waals surface area contributed by atoms with Crippen LogP contribution in [0.25, 0.3) is 0 Å². The number of fused-ring (bicyclic) bond motifs is 1. The topological polar surface area (TPSA) is 67.5 Å². The second-order valence-electron chi connectivity index (χ2n) is 6.80. The van der Waals surface area contributed by atoms with E-state index in [1.165, 1.54) is 0 Å². The second-order valence-corrected chi connectivity index (χ2v) is 6.80. The van der Waals surface area contributed by atoms with Crippen LogP contribution in [-0.2, 0) is 25.9 Å². The van der Waals surface area contributed by atoms with Crippen molar-refractivity contribution < 1.29 is 9.47 Å². The Morgan fingerprint density at radius 1 is 1.15 bits per heavy atom. The zero-order valence-corrected chi connectivity index (χ0v) is 16.5. The van der Waals surface area contributed by atoms with Crippen LogP contribution in [0, 0.1) is 0 Å². The van der Waals surface area contributed by atoms with Crippen LogP contribution in [-0.4, -0.2) is 34.6 Å². The summed E-state index contributed by atoms with van der Waals surface area (Å²) in [5.41, 5.74) is 2.92. The van der Waals surface area contributed by atoms with Crippen molar-refractivity contribution in [2.45, 2.75) is 53.1 Å². The second kappa shape index (κ2) is 9.04. The summed E-state index contributed by atoms with van der Waals surface area (Å²) in [7, 11) is 0. The molecule has 0 radical (unpaired) electrons.